The molecule has 40 heavy (non-hydrogen) atoms. The standard InChI is InChI=1S/C31H41N3O6/c1-5-8-17-32-18-10-16-31-25(28(37)34(21(4)20-35)26(31)29(32)38)24-27(36)33(19-9-15-30(24,6-2)40-31)22-11-13-23(14-12-22)39-7-3/h9-16,21,24-26,35H,5-8,17-20H2,1-4H3/t21-,24+,25+,26?,30-,31+/m1/s1. The molecule has 1 N–H and O–H groups in total. The topological polar surface area (TPSA) is 99.6 Å². The maximum Gasteiger partial charge on any atom is 0.249 e. The summed E-state index contributed by atoms with van der Waals surface area (Å²) < 4.78 is 12.5. The molecule has 1 spiro atoms. The summed E-state index contributed by atoms with van der Waals surface area (Å²) in [5, 5.41) is 10.1. The van der Waals surface area contributed by atoms with E-state index in [-0.39, 0.29) is 24.3 Å². The Morgan fingerprint density at radius 2 is 1.73 bits per heavy atom. The van der Waals surface area contributed by atoms with Crippen LogP contribution in [0.1, 0.15) is 47.0 Å². The lowest BCUT2D eigenvalue weighted by molar-refractivity contribution is -0.155. The van der Waals surface area contributed by atoms with Crippen molar-refractivity contribution < 1.29 is 29.0 Å². The first-order valence-corrected chi connectivity index (χ1v) is 14.6. The first kappa shape index (κ1) is 28.4. The number of carbonyl (C=O) groups is 3. The van der Waals surface area contributed by atoms with Crippen LogP contribution in [-0.2, 0) is 19.1 Å². The summed E-state index contributed by atoms with van der Waals surface area (Å²) >= 11 is 0. The zero-order chi connectivity index (χ0) is 28.7. The molecule has 2 fully saturated rings. The van der Waals surface area contributed by atoms with Gasteiger partial charge in [-0.15, -0.1) is 0 Å². The molecule has 216 valence electrons. The summed E-state index contributed by atoms with van der Waals surface area (Å²) in [5.41, 5.74) is -1.67. The Bertz CT molecular complexity index is 1200. The van der Waals surface area contributed by atoms with E-state index in [4.69, 9.17) is 9.47 Å². The van der Waals surface area contributed by atoms with Crippen molar-refractivity contribution in [2.45, 2.75) is 70.2 Å². The number of hydrogen-bond acceptors (Lipinski definition) is 6. The van der Waals surface area contributed by atoms with Crippen LogP contribution in [0.15, 0.2) is 48.6 Å². The summed E-state index contributed by atoms with van der Waals surface area (Å²) in [6.07, 6.45) is 9.87. The molecule has 4 aliphatic heterocycles. The van der Waals surface area contributed by atoms with Gasteiger partial charge in [-0.05, 0) is 51.0 Å². The van der Waals surface area contributed by atoms with Gasteiger partial charge in [-0.25, -0.2) is 0 Å². The number of aliphatic hydroxyl groups is 1. The molecule has 4 aliphatic rings. The number of hydrogen-bond donors (Lipinski definition) is 1. The highest BCUT2D eigenvalue weighted by molar-refractivity contribution is 6.04. The molecule has 5 rings (SSSR count). The number of benzene rings is 1. The number of rotatable bonds is 9. The normalized spacial score (nSPS) is 32.1. The number of ether oxygens (including phenoxy) is 2. The maximum atomic E-state index is 14.5. The van der Waals surface area contributed by atoms with Crippen LogP contribution < -0.4 is 9.64 Å². The molecule has 0 saturated carbocycles. The fourth-order valence-corrected chi connectivity index (χ4v) is 6.98. The molecule has 0 aliphatic carbocycles. The number of unbranched alkanes of at least 4 members (excludes halogenated alkanes) is 1. The third-order valence-electron chi connectivity index (χ3n) is 8.94. The van der Waals surface area contributed by atoms with Gasteiger partial charge in [0, 0.05) is 25.3 Å². The van der Waals surface area contributed by atoms with Crippen LogP contribution in [0.4, 0.5) is 5.69 Å². The Hall–Kier alpha value is -3.17. The van der Waals surface area contributed by atoms with Gasteiger partial charge in [0.25, 0.3) is 0 Å². The van der Waals surface area contributed by atoms with E-state index in [1.165, 1.54) is 4.90 Å². The molecule has 6 atom stereocenters. The van der Waals surface area contributed by atoms with Gasteiger partial charge in [-0.1, -0.05) is 44.6 Å². The molecular weight excluding hydrogens is 510 g/mol. The Kier molecular flexibility index (Phi) is 7.81. The second-order valence-electron chi connectivity index (χ2n) is 11.2. The maximum absolute atomic E-state index is 14.5. The van der Waals surface area contributed by atoms with E-state index in [1.807, 2.05) is 62.4 Å². The van der Waals surface area contributed by atoms with E-state index in [0.29, 0.717) is 44.1 Å². The molecule has 0 radical (unpaired) electrons. The minimum absolute atomic E-state index is 0.197. The largest absolute Gasteiger partial charge is 0.494 e. The number of nitrogens with zero attached hydrogens (tertiary/aromatic N) is 3. The van der Waals surface area contributed by atoms with Crippen molar-refractivity contribution in [1.29, 1.82) is 0 Å². The fraction of sp³-hybridized carbons (Fsp3) is 0.581. The molecule has 3 amide bonds. The molecule has 9 heteroatoms. The molecule has 0 aromatic heterocycles. The predicted molar refractivity (Wildman–Crippen MR) is 151 cm³/mol. The van der Waals surface area contributed by atoms with Gasteiger partial charge in [-0.3, -0.25) is 14.4 Å². The molecule has 4 heterocycles. The van der Waals surface area contributed by atoms with E-state index in [2.05, 4.69) is 6.92 Å². The second kappa shape index (κ2) is 11.0. The van der Waals surface area contributed by atoms with Crippen molar-refractivity contribution in [2.75, 3.05) is 37.7 Å². The number of likely N-dealkylation sites (tertiary alicyclic amines) is 1. The summed E-state index contributed by atoms with van der Waals surface area (Å²) in [7, 11) is 0. The van der Waals surface area contributed by atoms with Gasteiger partial charge in [0.05, 0.1) is 36.7 Å². The van der Waals surface area contributed by atoms with E-state index in [9.17, 15) is 19.5 Å². The highest BCUT2D eigenvalue weighted by Crippen LogP contribution is 2.59. The summed E-state index contributed by atoms with van der Waals surface area (Å²) in [4.78, 5) is 48.0. The number of amides is 3. The second-order valence-corrected chi connectivity index (χ2v) is 11.2. The zero-order valence-electron chi connectivity index (χ0n) is 23.9. The van der Waals surface area contributed by atoms with E-state index in [0.717, 1.165) is 12.8 Å². The third-order valence-corrected chi connectivity index (χ3v) is 8.94. The van der Waals surface area contributed by atoms with Crippen molar-refractivity contribution in [2.24, 2.45) is 11.8 Å². The third kappa shape index (κ3) is 4.25. The van der Waals surface area contributed by atoms with Crippen LogP contribution in [0, 0.1) is 11.8 Å². The minimum atomic E-state index is -1.32. The Labute approximate surface area is 236 Å². The molecule has 1 aromatic carbocycles. The number of fused-ring (bicyclic) bond motifs is 2. The molecule has 9 nitrogen and oxygen atoms in total. The highest BCUT2D eigenvalue weighted by atomic mass is 16.5. The Morgan fingerprint density at radius 3 is 2.38 bits per heavy atom. The van der Waals surface area contributed by atoms with Gasteiger partial charge in [-0.2, -0.15) is 0 Å². The Morgan fingerprint density at radius 1 is 1.00 bits per heavy atom. The summed E-state index contributed by atoms with van der Waals surface area (Å²) in [6, 6.07) is 5.79. The molecule has 2 saturated heterocycles. The lowest BCUT2D eigenvalue weighted by atomic mass is 9.73. The van der Waals surface area contributed by atoms with Gasteiger partial charge >= 0.3 is 0 Å². The van der Waals surface area contributed by atoms with Gasteiger partial charge in [0.15, 0.2) is 0 Å². The first-order valence-electron chi connectivity index (χ1n) is 14.6. The van der Waals surface area contributed by atoms with Crippen molar-refractivity contribution in [3.05, 3.63) is 48.6 Å². The SMILES string of the molecule is CCCCN1CC=C[C@]23O[C@]4(CC)C=CCN(c5ccc(OCC)cc5)C(=O)[C@@H]4[C@H]2C(=O)N([C@H](C)CO)C3C1=O. The van der Waals surface area contributed by atoms with Crippen LogP contribution in [0.25, 0.3) is 0 Å². The summed E-state index contributed by atoms with van der Waals surface area (Å²) in [6.45, 7) is 9.24. The minimum Gasteiger partial charge on any atom is -0.494 e. The van der Waals surface area contributed by atoms with Crippen molar-refractivity contribution in [3.8, 4) is 5.75 Å². The van der Waals surface area contributed by atoms with E-state index < -0.39 is 35.1 Å². The Balaban J connectivity index is 1.61. The molecule has 1 unspecified atom stereocenters. The number of carbonyl (C=O) groups excluding carboxylic acids is 3. The van der Waals surface area contributed by atoms with Crippen molar-refractivity contribution in [3.63, 3.8) is 0 Å². The highest BCUT2D eigenvalue weighted by Gasteiger charge is 2.75. The van der Waals surface area contributed by atoms with Crippen LogP contribution in [-0.4, -0.2) is 88.8 Å². The van der Waals surface area contributed by atoms with Gasteiger partial charge in [0.2, 0.25) is 17.7 Å². The zero-order valence-corrected chi connectivity index (χ0v) is 23.9. The van der Waals surface area contributed by atoms with Crippen LogP contribution >= 0.6 is 0 Å². The van der Waals surface area contributed by atoms with Crippen molar-refractivity contribution >= 4 is 23.4 Å². The smallest absolute Gasteiger partial charge is 0.249 e. The number of aliphatic hydroxyl groups excluding tert-OH is 1. The van der Waals surface area contributed by atoms with Gasteiger partial charge in [0.1, 0.15) is 17.4 Å². The van der Waals surface area contributed by atoms with Gasteiger partial charge < -0.3 is 29.3 Å². The van der Waals surface area contributed by atoms with Crippen molar-refractivity contribution in [1.82, 2.24) is 9.80 Å². The van der Waals surface area contributed by atoms with E-state index >= 15 is 0 Å². The van der Waals surface area contributed by atoms with Crippen LogP contribution in [0.5, 0.6) is 5.75 Å². The molecule has 0 bridgehead atoms. The quantitative estimate of drug-likeness (QED) is 0.474. The lowest BCUT2D eigenvalue weighted by Crippen LogP contribution is -2.58. The predicted octanol–water partition coefficient (Wildman–Crippen LogP) is 2.93. The average molecular weight is 552 g/mol. The average Bonchev–Trinajstić information content (AvgIpc) is 3.26. The van der Waals surface area contributed by atoms with Crippen LogP contribution in [0.2, 0.25) is 0 Å². The monoisotopic (exact) mass is 551 g/mol. The molecule has 1 aromatic rings. The molecular formula is C31H41N3O6. The van der Waals surface area contributed by atoms with Crippen LogP contribution in [0.3, 0.4) is 0 Å². The first-order chi connectivity index (χ1) is 19.3. The fourth-order valence-electron chi connectivity index (χ4n) is 6.98. The summed E-state index contributed by atoms with van der Waals surface area (Å²) in [5.74, 6) is -1.76. The number of anilines is 1. The van der Waals surface area contributed by atoms with E-state index in [1.54, 1.807) is 16.7 Å². The lowest BCUT2D eigenvalue weighted by Gasteiger charge is -2.40.